The molecule has 0 aliphatic rings. The van der Waals surface area contributed by atoms with Gasteiger partial charge in [-0.15, -0.1) is 0 Å². The first-order chi connectivity index (χ1) is 11.5. The van der Waals surface area contributed by atoms with Crippen LogP contribution in [0.15, 0.2) is 0 Å². The molecule has 0 aliphatic carbocycles. The molecule has 0 saturated carbocycles. The van der Waals surface area contributed by atoms with Crippen LogP contribution in [0.1, 0.15) is 126 Å². The Bertz CT molecular complexity index is 171. The van der Waals surface area contributed by atoms with Crippen LogP contribution in [0, 0.1) is 0 Å². The molecule has 0 aliphatic heterocycles. The Kier molecular flexibility index (Phi) is 50.1. The first-order valence-corrected chi connectivity index (χ1v) is 10.6. The monoisotopic (exact) mass is 346 g/mol. The normalized spacial score (nSPS) is 8.83. The minimum absolute atomic E-state index is 0.318. The van der Waals surface area contributed by atoms with E-state index in [4.69, 9.17) is 4.74 Å². The molecule has 0 amide bonds. The van der Waals surface area contributed by atoms with Gasteiger partial charge in [-0.3, -0.25) is 0 Å². The molecule has 0 unspecified atom stereocenters. The highest BCUT2D eigenvalue weighted by Crippen LogP contribution is 1.98. The van der Waals surface area contributed by atoms with Crippen molar-refractivity contribution in [2.45, 2.75) is 126 Å². The summed E-state index contributed by atoms with van der Waals surface area (Å²) in [6.45, 7) is 18.6. The predicted octanol–water partition coefficient (Wildman–Crippen LogP) is 7.98. The molecule has 0 N–H and O–H groups in total. The van der Waals surface area contributed by atoms with Crippen LogP contribution in [0.2, 0.25) is 0 Å². The van der Waals surface area contributed by atoms with Crippen LogP contribution in [-0.2, 0) is 9.53 Å². The molecule has 2 nitrogen and oxygen atoms in total. The van der Waals surface area contributed by atoms with Gasteiger partial charge < -0.3 is 9.53 Å². The zero-order chi connectivity index (χ0) is 19.5. The van der Waals surface area contributed by atoms with E-state index in [-0.39, 0.29) is 0 Å². The van der Waals surface area contributed by atoms with Crippen LogP contribution in [-0.4, -0.2) is 19.0 Å². The van der Waals surface area contributed by atoms with Crippen molar-refractivity contribution in [3.63, 3.8) is 0 Å². The van der Waals surface area contributed by atoms with E-state index in [1.807, 2.05) is 6.92 Å². The van der Waals surface area contributed by atoms with Crippen molar-refractivity contribution in [3.05, 3.63) is 0 Å². The van der Waals surface area contributed by atoms with Crippen molar-refractivity contribution >= 4 is 5.78 Å². The van der Waals surface area contributed by atoms with Crippen LogP contribution in [0.25, 0.3) is 0 Å². The molecule has 0 bridgehead atoms. The van der Waals surface area contributed by atoms with Gasteiger partial charge in [-0.1, -0.05) is 92.9 Å². The minimum atomic E-state index is 0.318. The standard InChI is InChI=1S/C7H14O.C6H14O.C5H12.C4H10/c1-3-4-5-6-7(2)8;1-3-5-6-7-4-2;1-3-5-4-2;1-3-4-2/h3-6H2,1-2H3;3-6H2,1-2H3;3-5H2,1-2H3;3-4H2,1-2H3. The van der Waals surface area contributed by atoms with E-state index in [1.165, 1.54) is 57.8 Å². The van der Waals surface area contributed by atoms with E-state index >= 15 is 0 Å². The van der Waals surface area contributed by atoms with Crippen LogP contribution in [0.4, 0.5) is 0 Å². The molecule has 0 aromatic heterocycles. The van der Waals surface area contributed by atoms with Gasteiger partial charge in [-0.2, -0.15) is 0 Å². The number of carbonyl (C=O) groups is 1. The van der Waals surface area contributed by atoms with Crippen LogP contribution >= 0.6 is 0 Å². The molecule has 0 heterocycles. The molecule has 0 aromatic rings. The summed E-state index contributed by atoms with van der Waals surface area (Å²) in [6.07, 6.45) is 13.4. The summed E-state index contributed by atoms with van der Waals surface area (Å²) in [5.41, 5.74) is 0. The van der Waals surface area contributed by atoms with Crippen LogP contribution in [0.3, 0.4) is 0 Å². The maximum atomic E-state index is 10.3. The fourth-order valence-electron chi connectivity index (χ4n) is 1.37. The van der Waals surface area contributed by atoms with Crippen molar-refractivity contribution < 1.29 is 9.53 Å². The first-order valence-electron chi connectivity index (χ1n) is 10.6. The molecule has 0 radical (unpaired) electrons. The Labute approximate surface area is 155 Å². The lowest BCUT2D eigenvalue weighted by Gasteiger charge is -1.94. The zero-order valence-corrected chi connectivity index (χ0v) is 18.5. The lowest BCUT2D eigenvalue weighted by Crippen LogP contribution is -1.90. The lowest BCUT2D eigenvalue weighted by molar-refractivity contribution is -0.117. The fraction of sp³-hybridized carbons (Fsp3) is 0.955. The average Bonchev–Trinajstić information content (AvgIpc) is 2.57. The van der Waals surface area contributed by atoms with Crippen molar-refractivity contribution in [2.24, 2.45) is 0 Å². The summed E-state index contributed by atoms with van der Waals surface area (Å²) in [7, 11) is 0. The smallest absolute Gasteiger partial charge is 0.129 e. The van der Waals surface area contributed by atoms with Gasteiger partial charge in [0.1, 0.15) is 5.78 Å². The third-order valence-electron chi connectivity index (χ3n) is 3.19. The SMILES string of the molecule is CCCC.CCCCC.CCCCCC(C)=O.CCCCOCC. The highest BCUT2D eigenvalue weighted by Gasteiger charge is 1.89. The third kappa shape index (κ3) is 68.1. The van der Waals surface area contributed by atoms with Crippen molar-refractivity contribution in [2.75, 3.05) is 13.2 Å². The molecular weight excluding hydrogens is 296 g/mol. The summed E-state index contributed by atoms with van der Waals surface area (Å²) < 4.78 is 5.07. The molecule has 0 fully saturated rings. The summed E-state index contributed by atoms with van der Waals surface area (Å²) >= 11 is 0. The number of carbonyl (C=O) groups excluding carboxylic acids is 1. The largest absolute Gasteiger partial charge is 0.382 e. The van der Waals surface area contributed by atoms with Crippen LogP contribution in [0.5, 0.6) is 0 Å². The number of hydrogen-bond donors (Lipinski definition) is 0. The van der Waals surface area contributed by atoms with E-state index < -0.39 is 0 Å². The fourth-order valence-corrected chi connectivity index (χ4v) is 1.37. The van der Waals surface area contributed by atoms with Gasteiger partial charge in [0.2, 0.25) is 0 Å². The van der Waals surface area contributed by atoms with Gasteiger partial charge in [0.15, 0.2) is 0 Å². The topological polar surface area (TPSA) is 26.3 Å². The Balaban J connectivity index is -0.000000115. The van der Waals surface area contributed by atoms with Gasteiger partial charge in [0.25, 0.3) is 0 Å². The number of Topliss-reactive ketones (excluding diaryl/α,β-unsaturated/α-hetero) is 1. The van der Waals surface area contributed by atoms with Gasteiger partial charge in [0.05, 0.1) is 0 Å². The summed E-state index contributed by atoms with van der Waals surface area (Å²) in [5.74, 6) is 0.318. The Morgan fingerprint density at radius 1 is 0.625 bits per heavy atom. The second-order valence-corrected chi connectivity index (χ2v) is 6.06. The number of hydrogen-bond acceptors (Lipinski definition) is 2. The van der Waals surface area contributed by atoms with E-state index in [9.17, 15) is 4.79 Å². The highest BCUT2D eigenvalue weighted by atomic mass is 16.5. The van der Waals surface area contributed by atoms with Gasteiger partial charge in [0, 0.05) is 19.6 Å². The second-order valence-electron chi connectivity index (χ2n) is 6.06. The molecule has 0 aromatic carbocycles. The number of ether oxygens (including phenoxy) is 1. The zero-order valence-electron chi connectivity index (χ0n) is 18.5. The molecular formula is C22H50O2. The Morgan fingerprint density at radius 2 is 1.08 bits per heavy atom. The summed E-state index contributed by atoms with van der Waals surface area (Å²) in [6, 6.07) is 0. The molecule has 0 spiro atoms. The molecule has 24 heavy (non-hydrogen) atoms. The van der Waals surface area contributed by atoms with Gasteiger partial charge in [-0.25, -0.2) is 0 Å². The summed E-state index contributed by atoms with van der Waals surface area (Å²) in [5, 5.41) is 0. The van der Waals surface area contributed by atoms with Gasteiger partial charge in [-0.05, 0) is 26.7 Å². The maximum absolute atomic E-state index is 10.3. The van der Waals surface area contributed by atoms with Crippen LogP contribution < -0.4 is 0 Å². The predicted molar refractivity (Wildman–Crippen MR) is 112 cm³/mol. The Morgan fingerprint density at radius 3 is 1.33 bits per heavy atom. The minimum Gasteiger partial charge on any atom is -0.382 e. The Hall–Kier alpha value is -0.370. The van der Waals surface area contributed by atoms with Crippen molar-refractivity contribution in [1.82, 2.24) is 0 Å². The van der Waals surface area contributed by atoms with E-state index in [1.54, 1.807) is 6.92 Å². The maximum Gasteiger partial charge on any atom is 0.129 e. The van der Waals surface area contributed by atoms with Crippen molar-refractivity contribution in [1.29, 1.82) is 0 Å². The second kappa shape index (κ2) is 38.3. The molecule has 0 saturated heterocycles. The van der Waals surface area contributed by atoms with E-state index in [2.05, 4.69) is 41.5 Å². The lowest BCUT2D eigenvalue weighted by atomic mass is 10.2. The van der Waals surface area contributed by atoms with Crippen molar-refractivity contribution in [3.8, 4) is 0 Å². The highest BCUT2D eigenvalue weighted by molar-refractivity contribution is 5.75. The van der Waals surface area contributed by atoms with E-state index in [0.717, 1.165) is 26.1 Å². The quantitative estimate of drug-likeness (QED) is 0.354. The third-order valence-corrected chi connectivity index (χ3v) is 3.19. The van der Waals surface area contributed by atoms with Gasteiger partial charge >= 0.3 is 0 Å². The number of ketones is 1. The summed E-state index contributed by atoms with van der Waals surface area (Å²) in [4.78, 5) is 10.3. The van der Waals surface area contributed by atoms with E-state index in [0.29, 0.717) is 5.78 Å². The molecule has 0 atom stereocenters. The number of unbranched alkanes of at least 4 members (excludes halogenated alkanes) is 6. The molecule has 0 rings (SSSR count). The number of rotatable bonds is 11. The average molecular weight is 347 g/mol. The first kappa shape index (κ1) is 31.4. The molecule has 2 heteroatoms. The molecule has 150 valence electrons.